The molecule has 0 aromatic heterocycles. The van der Waals surface area contributed by atoms with E-state index in [1.165, 1.54) is 6.92 Å². The van der Waals surface area contributed by atoms with E-state index in [1.807, 2.05) is 0 Å². The van der Waals surface area contributed by atoms with Gasteiger partial charge in [-0.05, 0) is 0 Å². The van der Waals surface area contributed by atoms with Crippen LogP contribution in [-0.2, 0) is 42.7 Å². The van der Waals surface area contributed by atoms with E-state index < -0.39 is 0 Å². The van der Waals surface area contributed by atoms with Crippen LogP contribution in [0.4, 0.5) is 0 Å². The maximum atomic E-state index is 10.5. The van der Waals surface area contributed by atoms with E-state index in [2.05, 4.69) is 5.92 Å². The van der Waals surface area contributed by atoms with Gasteiger partial charge in [0.2, 0.25) is 0 Å². The molecular weight excluding hydrogens is 372 g/mol. The largest absolute Gasteiger partial charge is 0.463 e. The number of terminal acetylenes is 1. The first-order valence-electron chi connectivity index (χ1n) is 9.38. The third-order valence-electron chi connectivity index (χ3n) is 2.95. The van der Waals surface area contributed by atoms with E-state index in [4.69, 9.17) is 44.3 Å². The second kappa shape index (κ2) is 23.8. The van der Waals surface area contributed by atoms with E-state index in [-0.39, 0.29) is 12.6 Å². The van der Waals surface area contributed by atoms with Gasteiger partial charge in [-0.2, -0.15) is 0 Å². The average molecular weight is 406 g/mol. The normalized spacial score (nSPS) is 10.7. The molecule has 0 heterocycles. The van der Waals surface area contributed by atoms with Crippen LogP contribution in [0.25, 0.3) is 0 Å². The van der Waals surface area contributed by atoms with E-state index in [0.717, 1.165) is 0 Å². The third kappa shape index (κ3) is 24.8. The van der Waals surface area contributed by atoms with Crippen molar-refractivity contribution in [3.63, 3.8) is 0 Å². The van der Waals surface area contributed by atoms with Gasteiger partial charge in [-0.25, -0.2) is 0 Å². The SMILES string of the molecule is C#CCOCCOCCOCCOCCOCCOCCOCCOC(C)=O. The summed E-state index contributed by atoms with van der Waals surface area (Å²) in [5.74, 6) is 2.08. The first-order chi connectivity index (χ1) is 13.8. The monoisotopic (exact) mass is 406 g/mol. The van der Waals surface area contributed by atoms with Crippen molar-refractivity contribution in [1.82, 2.24) is 0 Å². The zero-order valence-electron chi connectivity index (χ0n) is 16.9. The Morgan fingerprint density at radius 1 is 0.571 bits per heavy atom. The van der Waals surface area contributed by atoms with E-state index in [0.29, 0.717) is 92.5 Å². The molecule has 0 saturated heterocycles. The Balaban J connectivity index is 3.00. The highest BCUT2D eigenvalue weighted by Gasteiger charge is 1.95. The molecule has 0 aromatic rings. The van der Waals surface area contributed by atoms with Crippen molar-refractivity contribution >= 4 is 5.97 Å². The van der Waals surface area contributed by atoms with Crippen LogP contribution < -0.4 is 0 Å². The Hall–Kier alpha value is -1.25. The molecule has 0 N–H and O–H groups in total. The molecular formula is C19H34O9. The molecule has 0 bridgehead atoms. The van der Waals surface area contributed by atoms with Crippen LogP contribution in [0.3, 0.4) is 0 Å². The van der Waals surface area contributed by atoms with Crippen molar-refractivity contribution in [1.29, 1.82) is 0 Å². The molecule has 0 radical (unpaired) electrons. The molecule has 0 spiro atoms. The summed E-state index contributed by atoms with van der Waals surface area (Å²) in [5, 5.41) is 0. The molecule has 9 nitrogen and oxygen atoms in total. The van der Waals surface area contributed by atoms with Crippen LogP contribution >= 0.6 is 0 Å². The maximum Gasteiger partial charge on any atom is 0.302 e. The van der Waals surface area contributed by atoms with Gasteiger partial charge < -0.3 is 37.9 Å². The summed E-state index contributed by atoms with van der Waals surface area (Å²) in [6.07, 6.45) is 5.05. The van der Waals surface area contributed by atoms with Crippen molar-refractivity contribution in [3.8, 4) is 12.3 Å². The average Bonchev–Trinajstić information content (AvgIpc) is 2.68. The summed E-state index contributed by atoms with van der Waals surface area (Å²) in [5.41, 5.74) is 0. The number of hydrogen-bond donors (Lipinski definition) is 0. The fourth-order valence-electron chi connectivity index (χ4n) is 1.69. The van der Waals surface area contributed by atoms with Gasteiger partial charge in [0, 0.05) is 6.92 Å². The summed E-state index contributed by atoms with van der Waals surface area (Å²) >= 11 is 0. The predicted molar refractivity (Wildman–Crippen MR) is 101 cm³/mol. The standard InChI is InChI=1S/C19H34O9/c1-3-4-21-5-6-22-7-8-23-9-10-24-11-12-25-13-14-26-15-16-27-17-18-28-19(2)20/h1H,4-18H2,2H3. The molecule has 0 unspecified atom stereocenters. The van der Waals surface area contributed by atoms with Crippen molar-refractivity contribution in [3.05, 3.63) is 0 Å². The Morgan fingerprint density at radius 3 is 1.14 bits per heavy atom. The van der Waals surface area contributed by atoms with Crippen LogP contribution in [0.2, 0.25) is 0 Å². The van der Waals surface area contributed by atoms with E-state index in [9.17, 15) is 4.79 Å². The van der Waals surface area contributed by atoms with Gasteiger partial charge in [0.1, 0.15) is 13.2 Å². The van der Waals surface area contributed by atoms with Crippen molar-refractivity contribution < 1.29 is 42.7 Å². The van der Waals surface area contributed by atoms with Gasteiger partial charge in [0.15, 0.2) is 0 Å². The molecule has 164 valence electrons. The molecule has 0 aliphatic rings. The molecule has 28 heavy (non-hydrogen) atoms. The van der Waals surface area contributed by atoms with Crippen LogP contribution in [0, 0.1) is 12.3 Å². The number of hydrogen-bond acceptors (Lipinski definition) is 9. The number of rotatable bonds is 22. The lowest BCUT2D eigenvalue weighted by Crippen LogP contribution is -2.15. The van der Waals surface area contributed by atoms with E-state index >= 15 is 0 Å². The molecule has 0 aromatic carbocycles. The Bertz CT molecular complexity index is 371. The Kier molecular flexibility index (Phi) is 22.7. The predicted octanol–water partition coefficient (Wildman–Crippen LogP) is 0.299. The number of carbonyl (C=O) groups is 1. The highest BCUT2D eigenvalue weighted by atomic mass is 16.6. The fraction of sp³-hybridized carbons (Fsp3) is 0.842. The highest BCUT2D eigenvalue weighted by molar-refractivity contribution is 5.65. The van der Waals surface area contributed by atoms with Crippen molar-refractivity contribution in [2.24, 2.45) is 0 Å². The quantitative estimate of drug-likeness (QED) is 0.143. The molecule has 9 heteroatoms. The van der Waals surface area contributed by atoms with E-state index in [1.54, 1.807) is 0 Å². The molecule has 0 aliphatic heterocycles. The maximum absolute atomic E-state index is 10.5. The third-order valence-corrected chi connectivity index (χ3v) is 2.95. The van der Waals surface area contributed by atoms with Gasteiger partial charge in [-0.1, -0.05) is 5.92 Å². The topological polar surface area (TPSA) is 90.9 Å². The highest BCUT2D eigenvalue weighted by Crippen LogP contribution is 1.85. The van der Waals surface area contributed by atoms with Crippen LogP contribution in [-0.4, -0.2) is 105 Å². The zero-order valence-corrected chi connectivity index (χ0v) is 16.9. The van der Waals surface area contributed by atoms with Gasteiger partial charge >= 0.3 is 5.97 Å². The number of ether oxygens (including phenoxy) is 8. The molecule has 0 fully saturated rings. The summed E-state index contributed by atoms with van der Waals surface area (Å²) < 4.78 is 41.8. The minimum absolute atomic E-state index is 0.264. The van der Waals surface area contributed by atoms with Gasteiger partial charge in [0.05, 0.1) is 85.9 Å². The lowest BCUT2D eigenvalue weighted by molar-refractivity contribution is -0.142. The second-order valence-corrected chi connectivity index (χ2v) is 5.27. The number of carbonyl (C=O) groups excluding carboxylic acids is 1. The molecule has 0 atom stereocenters. The fourth-order valence-corrected chi connectivity index (χ4v) is 1.69. The summed E-state index contributed by atoms with van der Waals surface area (Å²) in [7, 11) is 0. The van der Waals surface area contributed by atoms with Gasteiger partial charge in [-0.3, -0.25) is 4.79 Å². The van der Waals surface area contributed by atoms with Crippen molar-refractivity contribution in [2.45, 2.75) is 6.92 Å². The minimum Gasteiger partial charge on any atom is -0.463 e. The van der Waals surface area contributed by atoms with Crippen LogP contribution in [0.15, 0.2) is 0 Å². The smallest absolute Gasteiger partial charge is 0.302 e. The Morgan fingerprint density at radius 2 is 0.857 bits per heavy atom. The second-order valence-electron chi connectivity index (χ2n) is 5.27. The first-order valence-corrected chi connectivity index (χ1v) is 9.38. The van der Waals surface area contributed by atoms with Gasteiger partial charge in [-0.15, -0.1) is 6.42 Å². The lowest BCUT2D eigenvalue weighted by atomic mass is 10.6. The van der Waals surface area contributed by atoms with Crippen LogP contribution in [0.5, 0.6) is 0 Å². The summed E-state index contributed by atoms with van der Waals surface area (Å²) in [6, 6.07) is 0. The lowest BCUT2D eigenvalue weighted by Gasteiger charge is -2.08. The zero-order chi connectivity index (χ0) is 20.5. The van der Waals surface area contributed by atoms with Gasteiger partial charge in [0.25, 0.3) is 0 Å². The minimum atomic E-state index is -0.308. The Labute approximate surface area is 167 Å². The summed E-state index contributed by atoms with van der Waals surface area (Å²) in [6.45, 7) is 8.27. The number of esters is 1. The van der Waals surface area contributed by atoms with Crippen LogP contribution in [0.1, 0.15) is 6.92 Å². The van der Waals surface area contributed by atoms with Crippen molar-refractivity contribution in [2.75, 3.05) is 99.1 Å². The summed E-state index contributed by atoms with van der Waals surface area (Å²) in [4.78, 5) is 10.5. The first kappa shape index (κ1) is 26.8. The molecule has 0 aliphatic carbocycles. The molecule has 0 saturated carbocycles. The molecule has 0 rings (SSSR count). The molecule has 0 amide bonds.